The topological polar surface area (TPSA) is 0 Å². The van der Waals surface area contributed by atoms with Crippen LogP contribution in [-0.2, 0) is 0 Å². The van der Waals surface area contributed by atoms with Gasteiger partial charge in [0.1, 0.15) is 0 Å². The van der Waals surface area contributed by atoms with Crippen LogP contribution < -0.4 is 0 Å². The maximum absolute atomic E-state index is 3.22. The zero-order valence-corrected chi connectivity index (χ0v) is 9.03. The van der Waals surface area contributed by atoms with Crippen LogP contribution in [0.15, 0.2) is 42.5 Å². The molecule has 2 aromatic carbocycles. The fourth-order valence-electron chi connectivity index (χ4n) is 1.63. The minimum Gasteiger partial charge on any atom is -0.0840 e. The quantitative estimate of drug-likeness (QED) is 0.678. The summed E-state index contributed by atoms with van der Waals surface area (Å²) in [6, 6.07) is 15.8. The highest BCUT2D eigenvalue weighted by molar-refractivity contribution is 5.84. The molecule has 0 heterocycles. The van der Waals surface area contributed by atoms with Gasteiger partial charge in [-0.25, -0.2) is 0 Å². The molecule has 0 atom stereocenters. The maximum Gasteiger partial charge on any atom is -0.00992 e. The summed E-state index contributed by atoms with van der Waals surface area (Å²) in [6.07, 6.45) is 6.78. The molecule has 2 aromatic rings. The van der Waals surface area contributed by atoms with Gasteiger partial charge >= 0.3 is 0 Å². The molecule has 1 radical (unpaired) electrons. The Balaban J connectivity index is 2.30. The molecule has 0 aliphatic carbocycles. The van der Waals surface area contributed by atoms with Gasteiger partial charge in [-0.3, -0.25) is 0 Å². The highest BCUT2D eigenvalue weighted by atomic mass is 14.0. The number of allylic oxidation sites excluding steroid dienone is 1. The summed E-state index contributed by atoms with van der Waals surface area (Å²) >= 11 is 0. The summed E-state index contributed by atoms with van der Waals surface area (Å²) in [4.78, 5) is 0. The minimum absolute atomic E-state index is 1.15. The van der Waals surface area contributed by atoms with Crippen molar-refractivity contribution in [2.24, 2.45) is 0 Å². The molecule has 0 saturated heterocycles. The molecule has 75 valence electrons. The average Bonchev–Trinajstić information content (AvgIpc) is 2.29. The number of unbranched alkanes of at least 4 members (excludes halogenated alkanes) is 1. The fraction of sp³-hybridized carbons (Fsp3) is 0.200. The third-order valence-corrected chi connectivity index (χ3v) is 2.45. The Hall–Kier alpha value is -1.56. The monoisotopic (exact) mass is 195 g/mol. The van der Waals surface area contributed by atoms with Gasteiger partial charge in [-0.05, 0) is 34.9 Å². The Labute approximate surface area is 91.2 Å². The van der Waals surface area contributed by atoms with Gasteiger partial charge in [-0.15, -0.1) is 0 Å². The number of hydrogen-bond acceptors (Lipinski definition) is 0. The maximum atomic E-state index is 3.22. The number of hydrogen-bond donors (Lipinski definition) is 0. The molecule has 0 bridgehead atoms. The first-order chi connectivity index (χ1) is 7.40. The predicted molar refractivity (Wildman–Crippen MR) is 66.7 cm³/mol. The summed E-state index contributed by atoms with van der Waals surface area (Å²) in [5.41, 5.74) is 1.27. The van der Waals surface area contributed by atoms with E-state index in [1.165, 1.54) is 22.8 Å². The van der Waals surface area contributed by atoms with E-state index in [1.54, 1.807) is 0 Å². The van der Waals surface area contributed by atoms with E-state index in [-0.39, 0.29) is 0 Å². The van der Waals surface area contributed by atoms with Gasteiger partial charge in [0, 0.05) is 0 Å². The van der Waals surface area contributed by atoms with Crippen LogP contribution in [0.3, 0.4) is 0 Å². The smallest absolute Gasteiger partial charge is 0.00992 e. The molecule has 0 saturated carbocycles. The second-order valence-corrected chi connectivity index (χ2v) is 3.71. The number of rotatable bonds is 3. The van der Waals surface area contributed by atoms with Gasteiger partial charge in [0.05, 0.1) is 0 Å². The van der Waals surface area contributed by atoms with Crippen molar-refractivity contribution in [3.05, 3.63) is 54.1 Å². The Morgan fingerprint density at radius 2 is 2.20 bits per heavy atom. The van der Waals surface area contributed by atoms with Crippen LogP contribution in [0.5, 0.6) is 0 Å². The summed E-state index contributed by atoms with van der Waals surface area (Å²) < 4.78 is 0. The molecule has 0 nitrogen and oxygen atoms in total. The molecule has 0 heteroatoms. The number of benzene rings is 2. The van der Waals surface area contributed by atoms with Crippen LogP contribution in [0.4, 0.5) is 0 Å². The van der Waals surface area contributed by atoms with Gasteiger partial charge in [0.25, 0.3) is 0 Å². The van der Waals surface area contributed by atoms with Crippen molar-refractivity contribution in [3.63, 3.8) is 0 Å². The second-order valence-electron chi connectivity index (χ2n) is 3.71. The third kappa shape index (κ3) is 2.47. The van der Waals surface area contributed by atoms with E-state index < -0.39 is 0 Å². The van der Waals surface area contributed by atoms with Crippen LogP contribution in [0.1, 0.15) is 25.3 Å². The zero-order valence-electron chi connectivity index (χ0n) is 9.03. The predicted octanol–water partition coefficient (Wildman–Crippen LogP) is 4.45. The van der Waals surface area contributed by atoms with Crippen molar-refractivity contribution in [2.45, 2.75) is 19.8 Å². The molecule has 0 N–H and O–H groups in total. The summed E-state index contributed by atoms with van der Waals surface area (Å²) in [7, 11) is 0. The van der Waals surface area contributed by atoms with Crippen LogP contribution in [-0.4, -0.2) is 0 Å². The van der Waals surface area contributed by atoms with E-state index in [2.05, 4.69) is 49.4 Å². The van der Waals surface area contributed by atoms with E-state index in [1.807, 2.05) is 12.1 Å². The Bertz CT molecular complexity index is 466. The van der Waals surface area contributed by atoms with E-state index in [4.69, 9.17) is 0 Å². The summed E-state index contributed by atoms with van der Waals surface area (Å²) in [5, 5.41) is 2.45. The first-order valence-electron chi connectivity index (χ1n) is 5.47. The van der Waals surface area contributed by atoms with Gasteiger partial charge in [-0.1, -0.05) is 55.8 Å². The van der Waals surface area contributed by atoms with Gasteiger partial charge in [0.15, 0.2) is 0 Å². The van der Waals surface area contributed by atoms with Crippen LogP contribution in [0.2, 0.25) is 0 Å². The fourth-order valence-corrected chi connectivity index (χ4v) is 1.63. The van der Waals surface area contributed by atoms with Gasteiger partial charge < -0.3 is 0 Å². The number of fused-ring (bicyclic) bond motifs is 1. The average molecular weight is 195 g/mol. The highest BCUT2D eigenvalue weighted by Crippen LogP contribution is 2.16. The lowest BCUT2D eigenvalue weighted by atomic mass is 10.1. The van der Waals surface area contributed by atoms with E-state index in [0.717, 1.165) is 6.42 Å². The molecule has 0 amide bonds. The standard InChI is InChI=1S/C15H15/c1-2-3-4-7-13-10-11-14-8-5-6-9-15(14)12-13/h4-7,9-12H,2-3H2,1H3/b7-4+. The molecule has 0 aliphatic rings. The SMILES string of the molecule is CCC/C=C/c1ccc2[c]cccc2c1. The lowest BCUT2D eigenvalue weighted by Gasteiger charge is -1.98. The summed E-state index contributed by atoms with van der Waals surface area (Å²) in [6.45, 7) is 2.19. The Kier molecular flexibility index (Phi) is 3.18. The normalized spacial score (nSPS) is 11.3. The first kappa shape index (κ1) is 9.97. The van der Waals surface area contributed by atoms with Gasteiger partial charge in [-0.2, -0.15) is 0 Å². The molecule has 0 aliphatic heterocycles. The van der Waals surface area contributed by atoms with Crippen molar-refractivity contribution < 1.29 is 0 Å². The lowest BCUT2D eigenvalue weighted by molar-refractivity contribution is 0.962. The highest BCUT2D eigenvalue weighted by Gasteiger charge is 1.92. The van der Waals surface area contributed by atoms with Crippen molar-refractivity contribution in [1.29, 1.82) is 0 Å². The van der Waals surface area contributed by atoms with Crippen molar-refractivity contribution in [2.75, 3.05) is 0 Å². The molecule has 2 rings (SSSR count). The van der Waals surface area contributed by atoms with Gasteiger partial charge in [0.2, 0.25) is 0 Å². The van der Waals surface area contributed by atoms with Crippen LogP contribution >= 0.6 is 0 Å². The molecule has 0 unspecified atom stereocenters. The largest absolute Gasteiger partial charge is 0.0840 e. The molecule has 0 aromatic heterocycles. The zero-order chi connectivity index (χ0) is 10.5. The summed E-state index contributed by atoms with van der Waals surface area (Å²) in [5.74, 6) is 0. The van der Waals surface area contributed by atoms with Crippen molar-refractivity contribution in [3.8, 4) is 0 Å². The van der Waals surface area contributed by atoms with E-state index >= 15 is 0 Å². The molecule has 0 spiro atoms. The second kappa shape index (κ2) is 4.79. The third-order valence-electron chi connectivity index (χ3n) is 2.45. The van der Waals surface area contributed by atoms with Crippen molar-refractivity contribution in [1.82, 2.24) is 0 Å². The van der Waals surface area contributed by atoms with Crippen molar-refractivity contribution >= 4 is 16.8 Å². The Morgan fingerprint density at radius 1 is 1.27 bits per heavy atom. The van der Waals surface area contributed by atoms with Crippen LogP contribution in [0.25, 0.3) is 16.8 Å². The lowest BCUT2D eigenvalue weighted by Crippen LogP contribution is -1.75. The molecule has 0 fully saturated rings. The Morgan fingerprint density at radius 3 is 3.07 bits per heavy atom. The van der Waals surface area contributed by atoms with Crippen LogP contribution in [0, 0.1) is 6.07 Å². The molecular formula is C15H15. The minimum atomic E-state index is 1.15. The van der Waals surface area contributed by atoms with E-state index in [0.29, 0.717) is 0 Å². The van der Waals surface area contributed by atoms with E-state index in [9.17, 15) is 0 Å². The molecular weight excluding hydrogens is 180 g/mol. The molecule has 15 heavy (non-hydrogen) atoms. The first-order valence-corrected chi connectivity index (χ1v) is 5.47.